The van der Waals surface area contributed by atoms with E-state index in [0.29, 0.717) is 29.9 Å². The molecule has 0 saturated heterocycles. The molecule has 34 heavy (non-hydrogen) atoms. The van der Waals surface area contributed by atoms with Crippen LogP contribution in [0, 0.1) is 6.92 Å². The molecule has 3 aromatic heterocycles. The number of hydrogen-bond donors (Lipinski definition) is 0. The zero-order valence-corrected chi connectivity index (χ0v) is 19.3. The molecule has 5 rings (SSSR count). The standard InChI is InChI=1S/C24H24F2N6O2/c1-14-7-17-19(31(4)23(14)33)8-16(34-24(25)26)9-20(17)32-6-5-29(2)21-10-18(27-12-22(21)32)15-11-28-30(3)13-15/h7-13,24H,5-6H2,1-4H3. The molecular weight excluding hydrogens is 442 g/mol. The number of anilines is 3. The fourth-order valence-electron chi connectivity index (χ4n) is 4.47. The minimum atomic E-state index is -2.98. The Bertz CT molecular complexity index is 1460. The molecule has 10 heteroatoms. The van der Waals surface area contributed by atoms with Gasteiger partial charge in [0.1, 0.15) is 5.75 Å². The Morgan fingerprint density at radius 3 is 2.50 bits per heavy atom. The Morgan fingerprint density at radius 2 is 1.79 bits per heavy atom. The molecule has 0 amide bonds. The highest BCUT2D eigenvalue weighted by Crippen LogP contribution is 2.42. The summed E-state index contributed by atoms with van der Waals surface area (Å²) in [6, 6.07) is 6.88. The second kappa shape index (κ2) is 8.12. The monoisotopic (exact) mass is 466 g/mol. The van der Waals surface area contributed by atoms with E-state index in [1.807, 2.05) is 31.3 Å². The topological polar surface area (TPSA) is 68.4 Å². The normalized spacial score (nSPS) is 13.6. The molecule has 0 saturated carbocycles. The Kier molecular flexibility index (Phi) is 5.22. The van der Waals surface area contributed by atoms with Crippen molar-refractivity contribution in [3.05, 3.63) is 58.8 Å². The summed E-state index contributed by atoms with van der Waals surface area (Å²) in [6.45, 7) is 0.0769. The molecule has 0 N–H and O–H groups in total. The molecule has 0 spiro atoms. The number of fused-ring (bicyclic) bond motifs is 2. The molecule has 8 nitrogen and oxygen atoms in total. The molecule has 4 aromatic rings. The lowest BCUT2D eigenvalue weighted by molar-refractivity contribution is -0.0497. The molecule has 1 aliphatic heterocycles. The van der Waals surface area contributed by atoms with Crippen LogP contribution in [-0.4, -0.2) is 46.1 Å². The summed E-state index contributed by atoms with van der Waals surface area (Å²) >= 11 is 0. The van der Waals surface area contributed by atoms with E-state index >= 15 is 0 Å². The van der Waals surface area contributed by atoms with E-state index < -0.39 is 6.61 Å². The van der Waals surface area contributed by atoms with Crippen molar-refractivity contribution in [3.8, 4) is 17.0 Å². The van der Waals surface area contributed by atoms with Crippen LogP contribution < -0.4 is 20.1 Å². The molecule has 0 radical (unpaired) electrons. The largest absolute Gasteiger partial charge is 0.435 e. The van der Waals surface area contributed by atoms with Gasteiger partial charge in [0.15, 0.2) is 0 Å². The van der Waals surface area contributed by atoms with Crippen molar-refractivity contribution in [2.24, 2.45) is 14.1 Å². The predicted molar refractivity (Wildman–Crippen MR) is 127 cm³/mol. The van der Waals surface area contributed by atoms with Gasteiger partial charge in [-0.3, -0.25) is 14.5 Å². The number of aryl methyl sites for hydroxylation is 3. The summed E-state index contributed by atoms with van der Waals surface area (Å²) in [4.78, 5) is 21.4. The number of hydrogen-bond acceptors (Lipinski definition) is 6. The molecule has 0 aliphatic carbocycles. The van der Waals surface area contributed by atoms with Crippen LogP contribution in [0.5, 0.6) is 5.75 Å². The Balaban J connectivity index is 1.71. The van der Waals surface area contributed by atoms with E-state index in [2.05, 4.69) is 15.0 Å². The average Bonchev–Trinajstić information content (AvgIpc) is 3.24. The third kappa shape index (κ3) is 3.64. The second-order valence-corrected chi connectivity index (χ2v) is 8.48. The van der Waals surface area contributed by atoms with Crippen LogP contribution in [0.3, 0.4) is 0 Å². The van der Waals surface area contributed by atoms with Gasteiger partial charge in [-0.25, -0.2) is 0 Å². The molecule has 0 atom stereocenters. The fourth-order valence-corrected chi connectivity index (χ4v) is 4.47. The molecule has 0 fully saturated rings. The van der Waals surface area contributed by atoms with Crippen LogP contribution in [0.2, 0.25) is 0 Å². The van der Waals surface area contributed by atoms with Gasteiger partial charge in [-0.1, -0.05) is 0 Å². The molecule has 4 heterocycles. The highest BCUT2D eigenvalue weighted by molar-refractivity contribution is 5.98. The van der Waals surface area contributed by atoms with Crippen molar-refractivity contribution in [1.82, 2.24) is 19.3 Å². The van der Waals surface area contributed by atoms with Crippen molar-refractivity contribution in [2.45, 2.75) is 13.5 Å². The van der Waals surface area contributed by atoms with Gasteiger partial charge in [0.25, 0.3) is 5.56 Å². The lowest BCUT2D eigenvalue weighted by Crippen LogP contribution is -2.37. The molecular formula is C24H24F2N6O2. The van der Waals surface area contributed by atoms with Crippen LogP contribution in [0.25, 0.3) is 22.2 Å². The summed E-state index contributed by atoms with van der Waals surface area (Å²) in [5, 5.41) is 5.00. The van der Waals surface area contributed by atoms with E-state index in [1.54, 1.807) is 43.2 Å². The zero-order chi connectivity index (χ0) is 24.1. The predicted octanol–water partition coefficient (Wildman–Crippen LogP) is 3.83. The van der Waals surface area contributed by atoms with Crippen LogP contribution >= 0.6 is 0 Å². The molecule has 1 aliphatic rings. The van der Waals surface area contributed by atoms with Crippen LogP contribution in [0.4, 0.5) is 25.8 Å². The highest BCUT2D eigenvalue weighted by atomic mass is 19.3. The molecule has 176 valence electrons. The van der Waals surface area contributed by atoms with Gasteiger partial charge in [0, 0.05) is 69.1 Å². The van der Waals surface area contributed by atoms with Crippen molar-refractivity contribution in [2.75, 3.05) is 29.9 Å². The lowest BCUT2D eigenvalue weighted by Gasteiger charge is -2.37. The Hall–Kier alpha value is -3.95. The van der Waals surface area contributed by atoms with E-state index in [1.165, 1.54) is 10.6 Å². The molecule has 0 bridgehead atoms. The lowest BCUT2D eigenvalue weighted by atomic mass is 10.1. The number of nitrogens with zero attached hydrogens (tertiary/aromatic N) is 6. The van der Waals surface area contributed by atoms with Gasteiger partial charge in [-0.15, -0.1) is 0 Å². The second-order valence-electron chi connectivity index (χ2n) is 8.48. The minimum absolute atomic E-state index is 0.00299. The number of benzene rings is 1. The van der Waals surface area contributed by atoms with Crippen LogP contribution in [0.1, 0.15) is 5.56 Å². The summed E-state index contributed by atoms with van der Waals surface area (Å²) in [7, 11) is 5.49. The number of rotatable bonds is 4. The number of aromatic nitrogens is 4. The number of likely N-dealkylation sites (N-methyl/N-ethyl adjacent to an activating group) is 1. The van der Waals surface area contributed by atoms with Crippen molar-refractivity contribution >= 4 is 28.0 Å². The van der Waals surface area contributed by atoms with Crippen LogP contribution in [0.15, 0.2) is 47.7 Å². The van der Waals surface area contributed by atoms with Crippen molar-refractivity contribution < 1.29 is 13.5 Å². The third-order valence-corrected chi connectivity index (χ3v) is 6.21. The number of alkyl halides is 2. The maximum atomic E-state index is 13.1. The van der Waals surface area contributed by atoms with Gasteiger partial charge < -0.3 is 19.1 Å². The fraction of sp³-hybridized carbons (Fsp3) is 0.292. The smallest absolute Gasteiger partial charge is 0.387 e. The van der Waals surface area contributed by atoms with E-state index in [-0.39, 0.29) is 11.3 Å². The maximum Gasteiger partial charge on any atom is 0.387 e. The first-order valence-electron chi connectivity index (χ1n) is 10.8. The molecule has 1 aromatic carbocycles. The minimum Gasteiger partial charge on any atom is -0.435 e. The summed E-state index contributed by atoms with van der Waals surface area (Å²) in [6.07, 6.45) is 5.45. The summed E-state index contributed by atoms with van der Waals surface area (Å²) < 4.78 is 34.2. The maximum absolute atomic E-state index is 13.1. The first-order chi connectivity index (χ1) is 16.2. The first-order valence-corrected chi connectivity index (χ1v) is 10.8. The number of pyridine rings is 2. The van der Waals surface area contributed by atoms with Crippen molar-refractivity contribution in [3.63, 3.8) is 0 Å². The van der Waals surface area contributed by atoms with E-state index in [0.717, 1.165) is 28.0 Å². The number of halogens is 2. The highest BCUT2D eigenvalue weighted by Gasteiger charge is 2.26. The average molecular weight is 466 g/mol. The van der Waals surface area contributed by atoms with Crippen LogP contribution in [-0.2, 0) is 14.1 Å². The van der Waals surface area contributed by atoms with Gasteiger partial charge in [-0.2, -0.15) is 13.9 Å². The van der Waals surface area contributed by atoms with Gasteiger partial charge in [0.2, 0.25) is 0 Å². The SMILES string of the molecule is Cc1cc2c(N3CCN(C)c4cc(-c5cnn(C)c5)ncc43)cc(OC(F)F)cc2n(C)c1=O. The number of ether oxygens (including phenoxy) is 1. The van der Waals surface area contributed by atoms with Crippen molar-refractivity contribution in [1.29, 1.82) is 0 Å². The van der Waals surface area contributed by atoms with Gasteiger partial charge in [-0.05, 0) is 19.1 Å². The first kappa shape index (κ1) is 21.9. The Labute approximate surface area is 194 Å². The van der Waals surface area contributed by atoms with E-state index in [9.17, 15) is 13.6 Å². The zero-order valence-electron chi connectivity index (χ0n) is 19.3. The third-order valence-electron chi connectivity index (χ3n) is 6.21. The quantitative estimate of drug-likeness (QED) is 0.455. The summed E-state index contributed by atoms with van der Waals surface area (Å²) in [5.74, 6) is -0.00299. The summed E-state index contributed by atoms with van der Waals surface area (Å²) in [5.41, 5.74) is 5.06. The van der Waals surface area contributed by atoms with Gasteiger partial charge in [0.05, 0.1) is 40.7 Å². The molecule has 0 unspecified atom stereocenters. The van der Waals surface area contributed by atoms with Gasteiger partial charge >= 0.3 is 6.61 Å². The van der Waals surface area contributed by atoms with E-state index in [4.69, 9.17) is 4.74 Å². The Morgan fingerprint density at radius 1 is 1.00 bits per heavy atom.